The summed E-state index contributed by atoms with van der Waals surface area (Å²) >= 11 is 0. The van der Waals surface area contributed by atoms with Gasteiger partial charge in [-0.2, -0.15) is 0 Å². The molecular weight excluding hydrogens is 222 g/mol. The van der Waals surface area contributed by atoms with Crippen molar-refractivity contribution in [1.82, 2.24) is 4.90 Å². The zero-order chi connectivity index (χ0) is 12.7. The van der Waals surface area contributed by atoms with Gasteiger partial charge < -0.3 is 0 Å². The Kier molecular flexibility index (Phi) is 7.13. The zero-order valence-corrected chi connectivity index (χ0v) is 13.3. The van der Waals surface area contributed by atoms with Crippen molar-refractivity contribution in [1.29, 1.82) is 0 Å². The van der Waals surface area contributed by atoms with Crippen molar-refractivity contribution in [2.45, 2.75) is 70.6 Å². The minimum absolute atomic E-state index is 0.498. The summed E-state index contributed by atoms with van der Waals surface area (Å²) in [6.07, 6.45) is 5.63. The van der Waals surface area contributed by atoms with Crippen molar-refractivity contribution in [3.63, 3.8) is 0 Å². The van der Waals surface area contributed by atoms with Crippen LogP contribution in [-0.2, 0) is 0 Å². The summed E-state index contributed by atoms with van der Waals surface area (Å²) in [4.78, 5) is 2.67. The van der Waals surface area contributed by atoms with E-state index in [4.69, 9.17) is 0 Å². The van der Waals surface area contributed by atoms with Gasteiger partial charge in [-0.3, -0.25) is 4.90 Å². The second kappa shape index (κ2) is 8.10. The highest BCUT2D eigenvalue weighted by Gasteiger charge is 2.19. The lowest BCUT2D eigenvalue weighted by Crippen LogP contribution is -2.35. The molecule has 2 heteroatoms. The van der Waals surface area contributed by atoms with Crippen molar-refractivity contribution < 1.29 is 0 Å². The summed E-state index contributed by atoms with van der Waals surface area (Å²) in [7, 11) is -0.498. The monoisotopic (exact) mass is 253 g/mol. The van der Waals surface area contributed by atoms with Gasteiger partial charge in [-0.15, -0.1) is 0 Å². The van der Waals surface area contributed by atoms with E-state index >= 15 is 0 Å². The standard InChI is InChI=1S/C15H31NSi/c1-5-17(6-2)13-14(3)15(4)16-11-9-7-8-10-12-16/h15,17H,3,5-13H2,1-2,4H3. The van der Waals surface area contributed by atoms with Gasteiger partial charge in [0.2, 0.25) is 0 Å². The summed E-state index contributed by atoms with van der Waals surface area (Å²) in [6.45, 7) is 14.1. The van der Waals surface area contributed by atoms with Crippen LogP contribution in [0.5, 0.6) is 0 Å². The van der Waals surface area contributed by atoms with Gasteiger partial charge in [-0.1, -0.05) is 50.9 Å². The van der Waals surface area contributed by atoms with E-state index in [1.807, 2.05) is 0 Å². The summed E-state index contributed by atoms with van der Waals surface area (Å²) in [5.41, 5.74) is 1.52. The van der Waals surface area contributed by atoms with E-state index in [1.165, 1.54) is 62.5 Å². The first kappa shape index (κ1) is 15.0. The summed E-state index contributed by atoms with van der Waals surface area (Å²) in [6, 6.07) is 4.86. The molecule has 1 aliphatic heterocycles. The molecule has 1 rings (SSSR count). The molecule has 0 saturated carbocycles. The average molecular weight is 254 g/mol. The maximum absolute atomic E-state index is 4.39. The molecule has 0 aromatic heterocycles. The van der Waals surface area contributed by atoms with Crippen LogP contribution >= 0.6 is 0 Å². The topological polar surface area (TPSA) is 3.24 Å². The summed E-state index contributed by atoms with van der Waals surface area (Å²) in [5.74, 6) is 0. The first-order valence-corrected chi connectivity index (χ1v) is 10.1. The van der Waals surface area contributed by atoms with Crippen LogP contribution in [0.25, 0.3) is 0 Å². The third-order valence-electron chi connectivity index (χ3n) is 4.48. The van der Waals surface area contributed by atoms with Crippen molar-refractivity contribution in [3.05, 3.63) is 12.2 Å². The molecule has 100 valence electrons. The minimum Gasteiger partial charge on any atom is -0.297 e. The highest BCUT2D eigenvalue weighted by molar-refractivity contribution is 6.59. The molecule has 1 atom stereocenters. The Balaban J connectivity index is 2.43. The number of likely N-dealkylation sites (tertiary alicyclic amines) is 1. The number of hydrogen-bond donors (Lipinski definition) is 0. The predicted octanol–water partition coefficient (Wildman–Crippen LogP) is 4.07. The highest BCUT2D eigenvalue weighted by Crippen LogP contribution is 2.21. The Labute approximate surface area is 110 Å². The number of hydrogen-bond acceptors (Lipinski definition) is 1. The molecule has 1 fully saturated rings. The van der Waals surface area contributed by atoms with E-state index in [-0.39, 0.29) is 0 Å². The lowest BCUT2D eigenvalue weighted by Gasteiger charge is -2.30. The minimum atomic E-state index is -0.498. The van der Waals surface area contributed by atoms with Crippen LogP contribution in [-0.4, -0.2) is 32.8 Å². The van der Waals surface area contributed by atoms with E-state index in [9.17, 15) is 0 Å². The van der Waals surface area contributed by atoms with Crippen molar-refractivity contribution in [2.24, 2.45) is 0 Å². The molecule has 1 nitrogen and oxygen atoms in total. The molecule has 1 saturated heterocycles. The van der Waals surface area contributed by atoms with Gasteiger partial charge in [0.05, 0.1) is 0 Å². The van der Waals surface area contributed by atoms with Gasteiger partial charge >= 0.3 is 0 Å². The van der Waals surface area contributed by atoms with E-state index in [1.54, 1.807) is 0 Å². The van der Waals surface area contributed by atoms with E-state index in [2.05, 4.69) is 32.3 Å². The second-order valence-corrected chi connectivity index (χ2v) is 9.44. The summed E-state index contributed by atoms with van der Waals surface area (Å²) < 4.78 is 0. The fourth-order valence-corrected chi connectivity index (χ4v) is 5.10. The third kappa shape index (κ3) is 4.97. The molecule has 0 bridgehead atoms. The fraction of sp³-hybridized carbons (Fsp3) is 0.867. The molecule has 0 aliphatic carbocycles. The number of rotatable bonds is 6. The summed E-state index contributed by atoms with van der Waals surface area (Å²) in [5, 5.41) is 0. The molecule has 0 aromatic carbocycles. The molecule has 1 aliphatic rings. The molecule has 0 amide bonds. The average Bonchev–Trinajstić information content (AvgIpc) is 2.63. The Morgan fingerprint density at radius 2 is 1.65 bits per heavy atom. The maximum atomic E-state index is 4.39. The normalized spacial score (nSPS) is 20.2. The SMILES string of the molecule is C=C(C[SiH](CC)CC)C(C)N1CCCCCC1. The zero-order valence-electron chi connectivity index (χ0n) is 12.2. The lowest BCUT2D eigenvalue weighted by molar-refractivity contribution is 0.242. The van der Waals surface area contributed by atoms with Gasteiger partial charge in [0.25, 0.3) is 0 Å². The van der Waals surface area contributed by atoms with Gasteiger partial charge in [-0.25, -0.2) is 0 Å². The Morgan fingerprint density at radius 1 is 1.12 bits per heavy atom. The first-order valence-electron chi connectivity index (χ1n) is 7.60. The maximum Gasteiger partial charge on any atom is 0.0404 e. The fourth-order valence-electron chi connectivity index (χ4n) is 2.86. The quantitative estimate of drug-likeness (QED) is 0.509. The highest BCUT2D eigenvalue weighted by atomic mass is 28.3. The number of nitrogens with zero attached hydrogens (tertiary/aromatic N) is 1. The molecular formula is C15H31NSi. The van der Waals surface area contributed by atoms with Crippen molar-refractivity contribution >= 4 is 8.80 Å². The van der Waals surface area contributed by atoms with Gasteiger partial charge in [0.15, 0.2) is 0 Å². The largest absolute Gasteiger partial charge is 0.297 e. The molecule has 0 radical (unpaired) electrons. The Morgan fingerprint density at radius 3 is 2.12 bits per heavy atom. The van der Waals surface area contributed by atoms with Crippen LogP contribution in [0.4, 0.5) is 0 Å². The van der Waals surface area contributed by atoms with Gasteiger partial charge in [0.1, 0.15) is 0 Å². The third-order valence-corrected chi connectivity index (χ3v) is 7.90. The molecule has 1 unspecified atom stereocenters. The van der Waals surface area contributed by atoms with Crippen molar-refractivity contribution in [3.8, 4) is 0 Å². The molecule has 0 aromatic rings. The Bertz CT molecular complexity index is 215. The first-order chi connectivity index (χ1) is 8.19. The molecule has 1 heterocycles. The van der Waals surface area contributed by atoms with Crippen LogP contribution in [0.2, 0.25) is 18.1 Å². The van der Waals surface area contributed by atoms with Crippen LogP contribution in [0, 0.1) is 0 Å². The smallest absolute Gasteiger partial charge is 0.0404 e. The van der Waals surface area contributed by atoms with Crippen molar-refractivity contribution in [2.75, 3.05) is 13.1 Å². The van der Waals surface area contributed by atoms with Gasteiger partial charge in [-0.05, 0) is 38.9 Å². The van der Waals surface area contributed by atoms with E-state index in [0.29, 0.717) is 6.04 Å². The second-order valence-electron chi connectivity index (χ2n) is 5.67. The van der Waals surface area contributed by atoms with Crippen LogP contribution in [0.15, 0.2) is 12.2 Å². The lowest BCUT2D eigenvalue weighted by atomic mass is 10.1. The van der Waals surface area contributed by atoms with Crippen LogP contribution in [0.3, 0.4) is 0 Å². The Hall–Kier alpha value is -0.0831. The van der Waals surface area contributed by atoms with E-state index < -0.39 is 8.80 Å². The van der Waals surface area contributed by atoms with Crippen LogP contribution in [0.1, 0.15) is 46.5 Å². The predicted molar refractivity (Wildman–Crippen MR) is 81.6 cm³/mol. The van der Waals surface area contributed by atoms with E-state index in [0.717, 1.165) is 0 Å². The van der Waals surface area contributed by atoms with Gasteiger partial charge in [0, 0.05) is 14.8 Å². The molecule has 0 N–H and O–H groups in total. The molecule has 0 spiro atoms. The van der Waals surface area contributed by atoms with Crippen LogP contribution < -0.4 is 0 Å². The molecule has 17 heavy (non-hydrogen) atoms.